The van der Waals surface area contributed by atoms with Crippen LogP contribution >= 0.6 is 0 Å². The Morgan fingerprint density at radius 2 is 1.59 bits per heavy atom. The standard InChI is InChI=1S/C11H18F2O4/c1-6-9(2,3)8(16)17-10(4,5)11(12,13)7(14)15/h6H2,1-5H3,(H,14,15). The third-order valence-electron chi connectivity index (χ3n) is 2.81. The van der Waals surface area contributed by atoms with Crippen LogP contribution in [0.4, 0.5) is 8.78 Å². The molecule has 0 aromatic rings. The van der Waals surface area contributed by atoms with E-state index in [1.165, 1.54) is 0 Å². The molecule has 0 radical (unpaired) electrons. The monoisotopic (exact) mass is 252 g/mol. The van der Waals surface area contributed by atoms with Gasteiger partial charge in [-0.25, -0.2) is 4.79 Å². The van der Waals surface area contributed by atoms with Crippen LogP contribution < -0.4 is 0 Å². The predicted octanol–water partition coefficient (Wildman–Crippen LogP) is 2.46. The molecule has 0 bridgehead atoms. The number of hydrogen-bond acceptors (Lipinski definition) is 3. The van der Waals surface area contributed by atoms with Gasteiger partial charge < -0.3 is 9.84 Å². The van der Waals surface area contributed by atoms with Gasteiger partial charge in [0, 0.05) is 0 Å². The first-order valence-electron chi connectivity index (χ1n) is 5.23. The van der Waals surface area contributed by atoms with E-state index in [-0.39, 0.29) is 0 Å². The molecular weight excluding hydrogens is 234 g/mol. The van der Waals surface area contributed by atoms with Crippen LogP contribution in [-0.4, -0.2) is 28.6 Å². The van der Waals surface area contributed by atoms with Crippen LogP contribution in [0.25, 0.3) is 0 Å². The molecule has 0 aromatic heterocycles. The van der Waals surface area contributed by atoms with Crippen molar-refractivity contribution < 1.29 is 28.2 Å². The van der Waals surface area contributed by atoms with E-state index in [2.05, 4.69) is 4.74 Å². The molecule has 0 aliphatic carbocycles. The minimum Gasteiger partial charge on any atom is -0.477 e. The third kappa shape index (κ3) is 3.14. The predicted molar refractivity (Wildman–Crippen MR) is 56.8 cm³/mol. The molecule has 0 heterocycles. The van der Waals surface area contributed by atoms with Crippen molar-refractivity contribution in [1.82, 2.24) is 0 Å². The Bertz CT molecular complexity index is 321. The normalized spacial score (nSPS) is 13.4. The Labute approximate surface area is 99.0 Å². The number of carboxylic acids is 1. The fourth-order valence-corrected chi connectivity index (χ4v) is 0.836. The molecule has 0 atom stereocenters. The van der Waals surface area contributed by atoms with Gasteiger partial charge in [-0.2, -0.15) is 8.78 Å². The Hall–Kier alpha value is -1.20. The lowest BCUT2D eigenvalue weighted by atomic mass is 9.90. The summed E-state index contributed by atoms with van der Waals surface area (Å²) < 4.78 is 31.2. The summed E-state index contributed by atoms with van der Waals surface area (Å²) in [4.78, 5) is 22.1. The first kappa shape index (κ1) is 15.8. The Balaban J connectivity index is 5.02. The summed E-state index contributed by atoms with van der Waals surface area (Å²) in [7, 11) is 0. The van der Waals surface area contributed by atoms with E-state index in [4.69, 9.17) is 5.11 Å². The molecule has 0 spiro atoms. The number of carbonyl (C=O) groups is 2. The van der Waals surface area contributed by atoms with Gasteiger partial charge in [-0.15, -0.1) is 0 Å². The quantitative estimate of drug-likeness (QED) is 0.763. The lowest BCUT2D eigenvalue weighted by molar-refractivity contribution is -0.218. The summed E-state index contributed by atoms with van der Waals surface area (Å²) >= 11 is 0. The Morgan fingerprint density at radius 1 is 1.18 bits per heavy atom. The topological polar surface area (TPSA) is 63.6 Å². The second kappa shape index (κ2) is 4.58. The second-order valence-corrected chi connectivity index (χ2v) is 5.02. The molecule has 6 heteroatoms. The number of rotatable bonds is 5. The summed E-state index contributed by atoms with van der Waals surface area (Å²) in [5.74, 6) is -7.29. The van der Waals surface area contributed by atoms with Crippen LogP contribution in [0.1, 0.15) is 41.0 Å². The molecule has 100 valence electrons. The summed E-state index contributed by atoms with van der Waals surface area (Å²) in [6.45, 7) is 6.56. The Morgan fingerprint density at radius 3 is 1.88 bits per heavy atom. The van der Waals surface area contributed by atoms with Gasteiger partial charge >= 0.3 is 17.9 Å². The molecule has 0 rings (SSSR count). The first-order chi connectivity index (χ1) is 7.38. The van der Waals surface area contributed by atoms with Crippen molar-refractivity contribution in [2.75, 3.05) is 0 Å². The smallest absolute Gasteiger partial charge is 0.380 e. The molecular formula is C11H18F2O4. The molecule has 0 unspecified atom stereocenters. The fourth-order valence-electron chi connectivity index (χ4n) is 0.836. The van der Waals surface area contributed by atoms with Crippen molar-refractivity contribution in [1.29, 1.82) is 0 Å². The van der Waals surface area contributed by atoms with Gasteiger partial charge in [-0.3, -0.25) is 4.79 Å². The number of hydrogen-bond donors (Lipinski definition) is 1. The number of ether oxygens (including phenoxy) is 1. The summed E-state index contributed by atoms with van der Waals surface area (Å²) in [5.41, 5.74) is -3.31. The number of carbonyl (C=O) groups excluding carboxylic acids is 1. The lowest BCUT2D eigenvalue weighted by Crippen LogP contribution is -2.53. The average molecular weight is 252 g/mol. The highest BCUT2D eigenvalue weighted by Crippen LogP contribution is 2.34. The maximum atomic E-state index is 13.3. The largest absolute Gasteiger partial charge is 0.477 e. The average Bonchev–Trinajstić information content (AvgIpc) is 2.16. The van der Waals surface area contributed by atoms with Crippen molar-refractivity contribution in [3.63, 3.8) is 0 Å². The SMILES string of the molecule is CCC(C)(C)C(=O)OC(C)(C)C(F)(F)C(=O)O. The van der Waals surface area contributed by atoms with Gasteiger partial charge in [0.05, 0.1) is 5.41 Å². The number of aliphatic carboxylic acids is 1. The zero-order valence-corrected chi connectivity index (χ0v) is 10.6. The molecule has 0 saturated heterocycles. The molecule has 0 amide bonds. The van der Waals surface area contributed by atoms with E-state index in [9.17, 15) is 18.4 Å². The molecule has 0 saturated carbocycles. The number of halogens is 2. The van der Waals surface area contributed by atoms with Crippen LogP contribution in [0.2, 0.25) is 0 Å². The Kier molecular flexibility index (Phi) is 4.26. The number of esters is 1. The van der Waals surface area contributed by atoms with E-state index in [1.54, 1.807) is 20.8 Å². The molecule has 4 nitrogen and oxygen atoms in total. The van der Waals surface area contributed by atoms with Crippen molar-refractivity contribution in [2.24, 2.45) is 5.41 Å². The number of carboxylic acid groups (broad SMARTS) is 1. The molecule has 17 heavy (non-hydrogen) atoms. The van der Waals surface area contributed by atoms with Crippen LogP contribution in [0.5, 0.6) is 0 Å². The van der Waals surface area contributed by atoms with Gasteiger partial charge in [-0.1, -0.05) is 6.92 Å². The summed E-state index contributed by atoms with van der Waals surface area (Å²) in [5, 5.41) is 8.41. The fraction of sp³-hybridized carbons (Fsp3) is 0.818. The van der Waals surface area contributed by atoms with Crippen LogP contribution in [-0.2, 0) is 14.3 Å². The van der Waals surface area contributed by atoms with Crippen LogP contribution in [0.15, 0.2) is 0 Å². The number of alkyl halides is 2. The molecule has 0 aliphatic heterocycles. The zero-order valence-electron chi connectivity index (χ0n) is 10.6. The van der Waals surface area contributed by atoms with Crippen molar-refractivity contribution in [2.45, 2.75) is 52.6 Å². The third-order valence-corrected chi connectivity index (χ3v) is 2.81. The molecule has 0 fully saturated rings. The van der Waals surface area contributed by atoms with E-state index in [1.807, 2.05) is 0 Å². The molecule has 0 aliphatic rings. The summed E-state index contributed by atoms with van der Waals surface area (Å²) in [6, 6.07) is 0. The maximum absolute atomic E-state index is 13.3. The van der Waals surface area contributed by atoms with E-state index < -0.39 is 28.9 Å². The minimum absolute atomic E-state index is 0.403. The zero-order chi connectivity index (χ0) is 14.1. The van der Waals surface area contributed by atoms with Crippen LogP contribution in [0, 0.1) is 5.41 Å². The van der Waals surface area contributed by atoms with Gasteiger partial charge in [0.2, 0.25) is 0 Å². The van der Waals surface area contributed by atoms with Crippen molar-refractivity contribution >= 4 is 11.9 Å². The van der Waals surface area contributed by atoms with Gasteiger partial charge in [-0.05, 0) is 34.1 Å². The van der Waals surface area contributed by atoms with Gasteiger partial charge in [0.1, 0.15) is 0 Å². The van der Waals surface area contributed by atoms with E-state index >= 15 is 0 Å². The van der Waals surface area contributed by atoms with E-state index in [0.717, 1.165) is 13.8 Å². The minimum atomic E-state index is -4.13. The van der Waals surface area contributed by atoms with Gasteiger partial charge in [0.25, 0.3) is 0 Å². The van der Waals surface area contributed by atoms with Crippen molar-refractivity contribution in [3.8, 4) is 0 Å². The second-order valence-electron chi connectivity index (χ2n) is 5.02. The molecule has 1 N–H and O–H groups in total. The lowest BCUT2D eigenvalue weighted by Gasteiger charge is -2.33. The first-order valence-corrected chi connectivity index (χ1v) is 5.23. The van der Waals surface area contributed by atoms with Crippen molar-refractivity contribution in [3.05, 3.63) is 0 Å². The van der Waals surface area contributed by atoms with Gasteiger partial charge in [0.15, 0.2) is 5.60 Å². The molecule has 0 aromatic carbocycles. The highest BCUT2D eigenvalue weighted by molar-refractivity contribution is 5.80. The highest BCUT2D eigenvalue weighted by Gasteiger charge is 2.57. The summed E-state index contributed by atoms with van der Waals surface area (Å²) in [6.07, 6.45) is 0.403. The van der Waals surface area contributed by atoms with Crippen LogP contribution in [0.3, 0.4) is 0 Å². The maximum Gasteiger partial charge on any atom is 0.380 e. The highest BCUT2D eigenvalue weighted by atomic mass is 19.3. The van der Waals surface area contributed by atoms with E-state index in [0.29, 0.717) is 6.42 Å².